The second-order valence-corrected chi connectivity index (χ2v) is 4.23. The Morgan fingerprint density at radius 2 is 2.12 bits per heavy atom. The summed E-state index contributed by atoms with van der Waals surface area (Å²) in [7, 11) is 0. The van der Waals surface area contributed by atoms with E-state index in [0.29, 0.717) is 5.56 Å². The van der Waals surface area contributed by atoms with Crippen LogP contribution in [0.3, 0.4) is 0 Å². The lowest BCUT2D eigenvalue weighted by Crippen LogP contribution is -2.45. The number of aldehydes is 1. The van der Waals surface area contributed by atoms with E-state index in [4.69, 9.17) is 4.74 Å². The molecular formula is C12H16N2O2. The average Bonchev–Trinajstić information content (AvgIpc) is 2.28. The minimum Gasteiger partial charge on any atom is -0.372 e. The molecule has 2 heterocycles. The second-order valence-electron chi connectivity index (χ2n) is 4.23. The zero-order chi connectivity index (χ0) is 11.5. The number of carbonyl (C=O) groups excluding carboxylic acids is 1. The van der Waals surface area contributed by atoms with Crippen LogP contribution in [0.25, 0.3) is 0 Å². The monoisotopic (exact) mass is 220 g/mol. The Labute approximate surface area is 95.2 Å². The topological polar surface area (TPSA) is 42.4 Å². The van der Waals surface area contributed by atoms with Crippen molar-refractivity contribution in [2.45, 2.75) is 26.1 Å². The zero-order valence-electron chi connectivity index (χ0n) is 9.59. The highest BCUT2D eigenvalue weighted by atomic mass is 16.5. The highest BCUT2D eigenvalue weighted by molar-refractivity contribution is 5.76. The van der Waals surface area contributed by atoms with Crippen LogP contribution in [0.15, 0.2) is 18.3 Å². The number of hydrogen-bond donors (Lipinski definition) is 0. The van der Waals surface area contributed by atoms with Crippen LogP contribution < -0.4 is 4.90 Å². The Hall–Kier alpha value is -1.42. The molecule has 2 atom stereocenters. The third-order valence-electron chi connectivity index (χ3n) is 2.65. The molecule has 1 aromatic heterocycles. The summed E-state index contributed by atoms with van der Waals surface area (Å²) >= 11 is 0. The molecule has 4 heteroatoms. The SMILES string of the molecule is CC1CN(c2cc(C=O)ccn2)CC(C)O1. The molecule has 2 rings (SSSR count). The standard InChI is InChI=1S/C12H16N2O2/c1-9-6-14(7-10(2)16-9)12-5-11(8-15)3-4-13-12/h3-5,8-10H,6-7H2,1-2H3. The van der Waals surface area contributed by atoms with Gasteiger partial charge in [0.25, 0.3) is 0 Å². The van der Waals surface area contributed by atoms with Gasteiger partial charge >= 0.3 is 0 Å². The molecule has 1 saturated heterocycles. The van der Waals surface area contributed by atoms with Crippen LogP contribution in [0.2, 0.25) is 0 Å². The molecule has 4 nitrogen and oxygen atoms in total. The summed E-state index contributed by atoms with van der Waals surface area (Å²) in [5.74, 6) is 0.853. The molecule has 1 fully saturated rings. The molecular weight excluding hydrogens is 204 g/mol. The minimum atomic E-state index is 0.199. The van der Waals surface area contributed by atoms with Crippen LogP contribution in [0.4, 0.5) is 5.82 Å². The van der Waals surface area contributed by atoms with Crippen molar-refractivity contribution in [3.63, 3.8) is 0 Å². The molecule has 0 bridgehead atoms. The fraction of sp³-hybridized carbons (Fsp3) is 0.500. The molecule has 16 heavy (non-hydrogen) atoms. The van der Waals surface area contributed by atoms with E-state index in [-0.39, 0.29) is 12.2 Å². The normalized spacial score (nSPS) is 25.5. The maximum absolute atomic E-state index is 10.7. The van der Waals surface area contributed by atoms with Crippen LogP contribution >= 0.6 is 0 Å². The van der Waals surface area contributed by atoms with Gasteiger partial charge in [-0.3, -0.25) is 4.79 Å². The van der Waals surface area contributed by atoms with Gasteiger partial charge in [0, 0.05) is 24.8 Å². The van der Waals surface area contributed by atoms with Gasteiger partial charge in [0.2, 0.25) is 0 Å². The number of pyridine rings is 1. The first-order valence-corrected chi connectivity index (χ1v) is 5.50. The van der Waals surface area contributed by atoms with Gasteiger partial charge in [-0.1, -0.05) is 0 Å². The molecule has 1 aliphatic rings. The van der Waals surface area contributed by atoms with E-state index in [1.54, 1.807) is 12.3 Å². The smallest absolute Gasteiger partial charge is 0.150 e. The first kappa shape index (κ1) is 11.1. The van der Waals surface area contributed by atoms with Crippen LogP contribution in [0, 0.1) is 0 Å². The lowest BCUT2D eigenvalue weighted by atomic mass is 10.2. The van der Waals surface area contributed by atoms with Crippen molar-refractivity contribution >= 4 is 12.1 Å². The Kier molecular flexibility index (Phi) is 3.19. The highest BCUT2D eigenvalue weighted by Crippen LogP contribution is 2.18. The molecule has 0 spiro atoms. The van der Waals surface area contributed by atoms with Gasteiger partial charge < -0.3 is 9.64 Å². The summed E-state index contributed by atoms with van der Waals surface area (Å²) in [6.45, 7) is 5.73. The van der Waals surface area contributed by atoms with Crippen molar-refractivity contribution in [1.82, 2.24) is 4.98 Å². The van der Waals surface area contributed by atoms with Crippen molar-refractivity contribution in [1.29, 1.82) is 0 Å². The van der Waals surface area contributed by atoms with Gasteiger partial charge in [-0.05, 0) is 26.0 Å². The summed E-state index contributed by atoms with van der Waals surface area (Å²) in [5.41, 5.74) is 0.664. The van der Waals surface area contributed by atoms with Gasteiger partial charge in [0.15, 0.2) is 0 Å². The van der Waals surface area contributed by atoms with E-state index < -0.39 is 0 Å². The highest BCUT2D eigenvalue weighted by Gasteiger charge is 2.23. The van der Waals surface area contributed by atoms with E-state index in [0.717, 1.165) is 25.2 Å². The quantitative estimate of drug-likeness (QED) is 0.708. The van der Waals surface area contributed by atoms with Gasteiger partial charge in [-0.25, -0.2) is 4.98 Å². The van der Waals surface area contributed by atoms with E-state index in [2.05, 4.69) is 9.88 Å². The third-order valence-corrected chi connectivity index (χ3v) is 2.65. The Bertz CT molecular complexity index is 371. The first-order chi connectivity index (χ1) is 7.69. The number of nitrogens with zero attached hydrogens (tertiary/aromatic N) is 2. The molecule has 0 N–H and O–H groups in total. The number of ether oxygens (including phenoxy) is 1. The van der Waals surface area contributed by atoms with E-state index in [1.807, 2.05) is 19.9 Å². The number of hydrogen-bond acceptors (Lipinski definition) is 4. The number of anilines is 1. The number of morpholine rings is 1. The van der Waals surface area contributed by atoms with Crippen molar-refractivity contribution in [3.05, 3.63) is 23.9 Å². The molecule has 0 saturated carbocycles. The Morgan fingerprint density at radius 3 is 2.75 bits per heavy atom. The molecule has 0 amide bonds. The molecule has 1 aromatic rings. The third kappa shape index (κ3) is 2.39. The number of aromatic nitrogens is 1. The lowest BCUT2D eigenvalue weighted by Gasteiger charge is -2.36. The largest absolute Gasteiger partial charge is 0.372 e. The lowest BCUT2D eigenvalue weighted by molar-refractivity contribution is -0.00545. The first-order valence-electron chi connectivity index (χ1n) is 5.50. The van der Waals surface area contributed by atoms with Crippen molar-refractivity contribution in [3.8, 4) is 0 Å². The van der Waals surface area contributed by atoms with Crippen molar-refractivity contribution < 1.29 is 9.53 Å². The van der Waals surface area contributed by atoms with Crippen molar-refractivity contribution in [2.75, 3.05) is 18.0 Å². The summed E-state index contributed by atoms with van der Waals surface area (Å²) < 4.78 is 5.66. The fourth-order valence-corrected chi connectivity index (χ4v) is 2.05. The van der Waals surface area contributed by atoms with Crippen LogP contribution in [0.1, 0.15) is 24.2 Å². The molecule has 2 unspecified atom stereocenters. The summed E-state index contributed by atoms with van der Waals surface area (Å²) in [4.78, 5) is 17.1. The molecule has 1 aliphatic heterocycles. The van der Waals surface area contributed by atoms with Crippen LogP contribution in [-0.2, 0) is 4.74 Å². The maximum atomic E-state index is 10.7. The maximum Gasteiger partial charge on any atom is 0.150 e. The second kappa shape index (κ2) is 4.61. The Morgan fingerprint density at radius 1 is 1.44 bits per heavy atom. The zero-order valence-corrected chi connectivity index (χ0v) is 9.59. The van der Waals surface area contributed by atoms with Gasteiger partial charge in [-0.15, -0.1) is 0 Å². The average molecular weight is 220 g/mol. The summed E-state index contributed by atoms with van der Waals surface area (Å²) in [6.07, 6.45) is 2.92. The molecule has 0 aromatic carbocycles. The molecule has 0 radical (unpaired) electrons. The fourth-order valence-electron chi connectivity index (χ4n) is 2.05. The van der Waals surface area contributed by atoms with E-state index in [1.165, 1.54) is 0 Å². The predicted octanol–water partition coefficient (Wildman–Crippen LogP) is 1.51. The molecule has 0 aliphatic carbocycles. The van der Waals surface area contributed by atoms with Gasteiger partial charge in [-0.2, -0.15) is 0 Å². The summed E-state index contributed by atoms with van der Waals surface area (Å²) in [5, 5.41) is 0. The predicted molar refractivity (Wildman–Crippen MR) is 61.8 cm³/mol. The number of rotatable bonds is 2. The summed E-state index contributed by atoms with van der Waals surface area (Å²) in [6, 6.07) is 3.53. The number of carbonyl (C=O) groups is 1. The molecule has 86 valence electrons. The van der Waals surface area contributed by atoms with Crippen LogP contribution in [0.5, 0.6) is 0 Å². The Balaban J connectivity index is 2.19. The minimum absolute atomic E-state index is 0.199. The van der Waals surface area contributed by atoms with Gasteiger partial charge in [0.1, 0.15) is 12.1 Å². The van der Waals surface area contributed by atoms with Crippen molar-refractivity contribution in [2.24, 2.45) is 0 Å². The van der Waals surface area contributed by atoms with E-state index in [9.17, 15) is 4.79 Å². The van der Waals surface area contributed by atoms with Gasteiger partial charge in [0.05, 0.1) is 12.2 Å². The van der Waals surface area contributed by atoms with E-state index >= 15 is 0 Å². The van der Waals surface area contributed by atoms with Crippen LogP contribution in [-0.4, -0.2) is 36.6 Å².